The average molecular weight is 394 g/mol. The molecule has 2 aromatic carbocycles. The minimum Gasteiger partial charge on any atom is -0.508 e. The van der Waals surface area contributed by atoms with E-state index in [1.807, 2.05) is 0 Å². The fourth-order valence-electron chi connectivity index (χ4n) is 3.37. The Morgan fingerprint density at radius 1 is 1.15 bits per heavy atom. The van der Waals surface area contributed by atoms with E-state index in [9.17, 15) is 18.3 Å². The summed E-state index contributed by atoms with van der Waals surface area (Å²) in [5.41, 5.74) is 2.67. The van der Waals surface area contributed by atoms with E-state index in [2.05, 4.69) is 9.88 Å². The maximum absolute atomic E-state index is 13.1. The molecule has 0 aliphatic carbocycles. The molecule has 1 fully saturated rings. The number of phenols is 1. The first-order valence-corrected chi connectivity index (χ1v) is 9.44. The number of fused-ring (bicyclic) bond motifs is 1. The highest BCUT2D eigenvalue weighted by Crippen LogP contribution is 2.38. The van der Waals surface area contributed by atoms with Crippen LogP contribution in [0.5, 0.6) is 11.5 Å². The Kier molecular flexibility index (Phi) is 4.59. The van der Waals surface area contributed by atoms with Crippen molar-refractivity contribution in [3.63, 3.8) is 0 Å². The van der Waals surface area contributed by atoms with Gasteiger partial charge in [0.05, 0.1) is 21.5 Å². The van der Waals surface area contributed by atoms with Crippen LogP contribution in [0.15, 0.2) is 41.9 Å². The summed E-state index contributed by atoms with van der Waals surface area (Å²) in [6.07, 6.45) is -3.54. The van der Waals surface area contributed by atoms with Gasteiger partial charge in [-0.05, 0) is 18.2 Å². The van der Waals surface area contributed by atoms with Crippen LogP contribution < -0.4 is 9.64 Å². The van der Waals surface area contributed by atoms with Crippen LogP contribution in [0.2, 0.25) is 0 Å². The number of aromatic hydroxyl groups is 1. The van der Waals surface area contributed by atoms with Gasteiger partial charge in [-0.2, -0.15) is 13.2 Å². The van der Waals surface area contributed by atoms with E-state index in [1.165, 1.54) is 23.5 Å². The Balaban J connectivity index is 1.48. The summed E-state index contributed by atoms with van der Waals surface area (Å²) >= 11 is 1.46. The number of hydrogen-bond acceptors (Lipinski definition) is 5. The Bertz CT molecular complexity index is 950. The van der Waals surface area contributed by atoms with E-state index in [1.54, 1.807) is 23.7 Å². The van der Waals surface area contributed by atoms with Crippen LogP contribution >= 0.6 is 11.3 Å². The van der Waals surface area contributed by atoms with E-state index in [0.717, 1.165) is 22.0 Å². The Morgan fingerprint density at radius 3 is 2.63 bits per heavy atom. The van der Waals surface area contributed by atoms with Crippen molar-refractivity contribution in [1.29, 1.82) is 0 Å². The number of aromatic nitrogens is 1. The van der Waals surface area contributed by atoms with Crippen LogP contribution in [0, 0.1) is 0 Å². The number of thiazole rings is 1. The predicted molar refractivity (Wildman–Crippen MR) is 98.6 cm³/mol. The number of halogens is 3. The van der Waals surface area contributed by atoms with Crippen LogP contribution in [0.3, 0.4) is 0 Å². The Labute approximate surface area is 157 Å². The molecule has 0 atom stereocenters. The quantitative estimate of drug-likeness (QED) is 0.674. The second kappa shape index (κ2) is 6.92. The van der Waals surface area contributed by atoms with E-state index in [0.29, 0.717) is 25.9 Å². The number of piperidine rings is 1. The highest BCUT2D eigenvalue weighted by Gasteiger charge is 2.35. The first-order chi connectivity index (χ1) is 12.9. The lowest BCUT2D eigenvalue weighted by Crippen LogP contribution is -2.38. The zero-order chi connectivity index (χ0) is 19.0. The number of ether oxygens (including phenoxy) is 1. The van der Waals surface area contributed by atoms with Gasteiger partial charge in [0, 0.05) is 32.0 Å². The topological polar surface area (TPSA) is 45.6 Å². The number of anilines is 1. The molecule has 1 N–H and O–H groups in total. The van der Waals surface area contributed by atoms with Crippen molar-refractivity contribution in [3.8, 4) is 11.5 Å². The molecule has 1 aromatic heterocycles. The zero-order valence-electron chi connectivity index (χ0n) is 14.2. The number of rotatable bonds is 3. The van der Waals surface area contributed by atoms with Gasteiger partial charge >= 0.3 is 6.18 Å². The molecule has 4 rings (SSSR count). The van der Waals surface area contributed by atoms with E-state index >= 15 is 0 Å². The zero-order valence-corrected chi connectivity index (χ0v) is 15.1. The molecule has 0 bridgehead atoms. The molecular formula is C19H17F3N2O2S. The van der Waals surface area contributed by atoms with Crippen molar-refractivity contribution in [2.75, 3.05) is 18.0 Å². The Morgan fingerprint density at radius 2 is 1.89 bits per heavy atom. The van der Waals surface area contributed by atoms with Crippen LogP contribution in [0.1, 0.15) is 18.4 Å². The third-order valence-electron chi connectivity index (χ3n) is 4.67. The first-order valence-electron chi connectivity index (χ1n) is 8.56. The molecule has 0 radical (unpaired) electrons. The maximum Gasteiger partial charge on any atom is 0.419 e. The maximum atomic E-state index is 13.1. The molecule has 142 valence electrons. The van der Waals surface area contributed by atoms with Crippen molar-refractivity contribution in [2.45, 2.75) is 25.1 Å². The molecular weight excluding hydrogens is 377 g/mol. The number of para-hydroxylation sites is 1. The van der Waals surface area contributed by atoms with Crippen LogP contribution in [0.4, 0.5) is 18.9 Å². The smallest absolute Gasteiger partial charge is 0.419 e. The second-order valence-corrected chi connectivity index (χ2v) is 7.35. The lowest BCUT2D eigenvalue weighted by molar-refractivity contribution is -0.139. The molecule has 4 nitrogen and oxygen atoms in total. The SMILES string of the molecule is Oc1cc(N2CCC(Oc3ccccc3C(F)(F)F)CC2)c2ncsc2c1. The van der Waals surface area contributed by atoms with Gasteiger partial charge < -0.3 is 14.7 Å². The molecule has 1 aliphatic rings. The van der Waals surface area contributed by atoms with Crippen LogP contribution in [0.25, 0.3) is 10.2 Å². The van der Waals surface area contributed by atoms with Gasteiger partial charge in [-0.3, -0.25) is 0 Å². The van der Waals surface area contributed by atoms with E-state index in [-0.39, 0.29) is 17.6 Å². The average Bonchev–Trinajstić information content (AvgIpc) is 3.09. The van der Waals surface area contributed by atoms with Crippen molar-refractivity contribution in [3.05, 3.63) is 47.5 Å². The van der Waals surface area contributed by atoms with Crippen LogP contribution in [-0.4, -0.2) is 29.3 Å². The van der Waals surface area contributed by atoms with E-state index in [4.69, 9.17) is 4.74 Å². The van der Waals surface area contributed by atoms with Gasteiger partial charge in [0.25, 0.3) is 0 Å². The summed E-state index contributed by atoms with van der Waals surface area (Å²) in [6, 6.07) is 8.67. The number of benzene rings is 2. The van der Waals surface area contributed by atoms with Gasteiger partial charge in [-0.1, -0.05) is 12.1 Å². The largest absolute Gasteiger partial charge is 0.508 e. The minimum absolute atomic E-state index is 0.123. The summed E-state index contributed by atoms with van der Waals surface area (Å²) in [5.74, 6) is 0.0573. The summed E-state index contributed by atoms with van der Waals surface area (Å²) in [6.45, 7) is 1.24. The van der Waals surface area contributed by atoms with Gasteiger partial charge in [0.15, 0.2) is 0 Å². The number of hydrogen-bond donors (Lipinski definition) is 1. The summed E-state index contributed by atoms with van der Waals surface area (Å²) in [4.78, 5) is 6.46. The van der Waals surface area contributed by atoms with E-state index < -0.39 is 11.7 Å². The third-order valence-corrected chi connectivity index (χ3v) is 5.45. The van der Waals surface area contributed by atoms with Gasteiger partial charge in [0.2, 0.25) is 0 Å². The van der Waals surface area contributed by atoms with Gasteiger partial charge in [0.1, 0.15) is 23.1 Å². The molecule has 1 aliphatic heterocycles. The van der Waals surface area contributed by atoms with Gasteiger partial charge in [-0.15, -0.1) is 11.3 Å². The number of nitrogens with zero attached hydrogens (tertiary/aromatic N) is 2. The Hall–Kier alpha value is -2.48. The lowest BCUT2D eigenvalue weighted by atomic mass is 10.1. The molecule has 0 saturated carbocycles. The molecule has 1 saturated heterocycles. The normalized spacial score (nSPS) is 16.0. The van der Waals surface area contributed by atoms with Crippen molar-refractivity contribution in [1.82, 2.24) is 4.98 Å². The van der Waals surface area contributed by atoms with Gasteiger partial charge in [-0.25, -0.2) is 4.98 Å². The molecule has 0 spiro atoms. The first kappa shape index (κ1) is 17.9. The molecule has 27 heavy (non-hydrogen) atoms. The summed E-state index contributed by atoms with van der Waals surface area (Å²) < 4.78 is 46.0. The predicted octanol–water partition coefficient (Wildman–Crippen LogP) is 5.07. The van der Waals surface area contributed by atoms with Crippen molar-refractivity contribution in [2.24, 2.45) is 0 Å². The molecule has 3 aromatic rings. The molecule has 8 heteroatoms. The number of phenolic OH excluding ortho intramolecular Hbond substituents is 1. The highest BCUT2D eigenvalue weighted by atomic mass is 32.1. The highest BCUT2D eigenvalue weighted by molar-refractivity contribution is 7.16. The monoisotopic (exact) mass is 394 g/mol. The minimum atomic E-state index is -4.44. The summed E-state index contributed by atoms with van der Waals surface area (Å²) in [7, 11) is 0. The molecule has 0 amide bonds. The fraction of sp³-hybridized carbons (Fsp3) is 0.316. The van der Waals surface area contributed by atoms with Crippen molar-refractivity contribution >= 4 is 27.2 Å². The number of alkyl halides is 3. The van der Waals surface area contributed by atoms with Crippen LogP contribution in [-0.2, 0) is 6.18 Å². The molecule has 2 heterocycles. The standard InChI is InChI=1S/C19H17F3N2O2S/c20-19(21,22)14-3-1-2-4-16(14)26-13-5-7-24(8-6-13)15-9-12(25)10-17-18(15)23-11-27-17/h1-4,9-11,13,25H,5-8H2. The molecule has 0 unspecified atom stereocenters. The van der Waals surface area contributed by atoms with Crippen molar-refractivity contribution < 1.29 is 23.0 Å². The third kappa shape index (κ3) is 3.66. The second-order valence-electron chi connectivity index (χ2n) is 6.46. The lowest BCUT2D eigenvalue weighted by Gasteiger charge is -2.34. The fourth-order valence-corrected chi connectivity index (χ4v) is 4.10. The summed E-state index contributed by atoms with van der Waals surface area (Å²) in [5, 5.41) is 9.93.